The monoisotopic (exact) mass is 260 g/mol. The molecule has 0 aromatic heterocycles. The zero-order chi connectivity index (χ0) is 13.7. The molecule has 2 rings (SSSR count). The minimum atomic E-state index is 0.414. The van der Waals surface area contributed by atoms with E-state index in [0.717, 1.165) is 18.6 Å². The van der Waals surface area contributed by atoms with Gasteiger partial charge >= 0.3 is 0 Å². The standard InChI is InChI=1S/C17H24O2/c1-13(2)16-8-15(11-18)9-17(10-16)19-12-14-6-4-3-5-7-14/h8-11,13-14H,3-7,12H2,1-2H3. The maximum absolute atomic E-state index is 11.0. The molecule has 0 bridgehead atoms. The number of aldehydes is 1. The molecule has 0 heterocycles. The second-order valence-corrected chi connectivity index (χ2v) is 5.92. The topological polar surface area (TPSA) is 26.3 Å². The summed E-state index contributed by atoms with van der Waals surface area (Å²) < 4.78 is 5.92. The van der Waals surface area contributed by atoms with Crippen molar-refractivity contribution in [2.45, 2.75) is 51.9 Å². The van der Waals surface area contributed by atoms with E-state index >= 15 is 0 Å². The predicted molar refractivity (Wildman–Crippen MR) is 78.0 cm³/mol. The minimum Gasteiger partial charge on any atom is -0.493 e. The van der Waals surface area contributed by atoms with Gasteiger partial charge in [-0.1, -0.05) is 33.1 Å². The second-order valence-electron chi connectivity index (χ2n) is 5.92. The van der Waals surface area contributed by atoms with Crippen LogP contribution in [0.15, 0.2) is 18.2 Å². The van der Waals surface area contributed by atoms with Crippen molar-refractivity contribution in [1.82, 2.24) is 0 Å². The van der Waals surface area contributed by atoms with Gasteiger partial charge in [-0.05, 0) is 48.4 Å². The molecule has 1 aromatic carbocycles. The SMILES string of the molecule is CC(C)c1cc(C=O)cc(OCC2CCCCC2)c1. The van der Waals surface area contributed by atoms with E-state index in [-0.39, 0.29) is 0 Å². The van der Waals surface area contributed by atoms with Crippen LogP contribution in [0.1, 0.15) is 67.8 Å². The van der Waals surface area contributed by atoms with Crippen LogP contribution in [-0.4, -0.2) is 12.9 Å². The number of rotatable bonds is 5. The van der Waals surface area contributed by atoms with Gasteiger partial charge in [0.05, 0.1) is 6.61 Å². The van der Waals surface area contributed by atoms with Crippen LogP contribution in [0.4, 0.5) is 0 Å². The summed E-state index contributed by atoms with van der Waals surface area (Å²) in [7, 11) is 0. The third-order valence-corrected chi connectivity index (χ3v) is 3.96. The van der Waals surface area contributed by atoms with Gasteiger partial charge in [0.2, 0.25) is 0 Å². The van der Waals surface area contributed by atoms with Gasteiger partial charge < -0.3 is 4.74 Å². The summed E-state index contributed by atoms with van der Waals surface area (Å²) >= 11 is 0. The maximum Gasteiger partial charge on any atom is 0.150 e. The van der Waals surface area contributed by atoms with Gasteiger partial charge in [0.25, 0.3) is 0 Å². The molecule has 0 spiro atoms. The van der Waals surface area contributed by atoms with E-state index in [9.17, 15) is 4.79 Å². The molecule has 0 radical (unpaired) electrons. The summed E-state index contributed by atoms with van der Waals surface area (Å²) in [4.78, 5) is 11.0. The maximum atomic E-state index is 11.0. The summed E-state index contributed by atoms with van der Waals surface area (Å²) in [5, 5.41) is 0. The Bertz CT molecular complexity index is 417. The Kier molecular flexibility index (Phi) is 5.00. The molecule has 1 aliphatic rings. The Balaban J connectivity index is 2.01. The van der Waals surface area contributed by atoms with E-state index in [2.05, 4.69) is 19.9 Å². The molecule has 0 atom stereocenters. The highest BCUT2D eigenvalue weighted by atomic mass is 16.5. The fourth-order valence-corrected chi connectivity index (χ4v) is 2.70. The summed E-state index contributed by atoms with van der Waals surface area (Å²) in [5.41, 5.74) is 1.88. The Morgan fingerprint density at radius 3 is 2.58 bits per heavy atom. The van der Waals surface area contributed by atoms with Crippen molar-refractivity contribution in [1.29, 1.82) is 0 Å². The van der Waals surface area contributed by atoms with Crippen molar-refractivity contribution < 1.29 is 9.53 Å². The quantitative estimate of drug-likeness (QED) is 0.724. The van der Waals surface area contributed by atoms with Gasteiger partial charge in [-0.2, -0.15) is 0 Å². The highest BCUT2D eigenvalue weighted by molar-refractivity contribution is 5.76. The molecule has 0 aliphatic heterocycles. The molecule has 19 heavy (non-hydrogen) atoms. The average molecular weight is 260 g/mol. The van der Waals surface area contributed by atoms with Crippen molar-refractivity contribution >= 4 is 6.29 Å². The summed E-state index contributed by atoms with van der Waals surface area (Å²) in [5.74, 6) is 1.95. The number of carbonyl (C=O) groups is 1. The second kappa shape index (κ2) is 6.74. The van der Waals surface area contributed by atoms with Crippen LogP contribution in [0.3, 0.4) is 0 Å². The van der Waals surface area contributed by atoms with Crippen LogP contribution in [-0.2, 0) is 0 Å². The van der Waals surface area contributed by atoms with Crippen molar-refractivity contribution in [3.63, 3.8) is 0 Å². The van der Waals surface area contributed by atoms with E-state index in [1.807, 2.05) is 12.1 Å². The lowest BCUT2D eigenvalue weighted by molar-refractivity contribution is 0.112. The molecule has 2 heteroatoms. The zero-order valence-electron chi connectivity index (χ0n) is 12.0. The highest BCUT2D eigenvalue weighted by Crippen LogP contribution is 2.26. The summed E-state index contributed by atoms with van der Waals surface area (Å²) in [6.07, 6.45) is 7.50. The number of benzene rings is 1. The Hall–Kier alpha value is -1.31. The largest absolute Gasteiger partial charge is 0.493 e. The van der Waals surface area contributed by atoms with E-state index in [1.165, 1.54) is 37.7 Å². The molecule has 1 aromatic rings. The molecule has 0 saturated heterocycles. The Labute approximate surface area is 116 Å². The molecule has 1 fully saturated rings. The van der Waals surface area contributed by atoms with Gasteiger partial charge in [0.15, 0.2) is 0 Å². The molecule has 0 unspecified atom stereocenters. The fraction of sp³-hybridized carbons (Fsp3) is 0.588. The first-order valence-electron chi connectivity index (χ1n) is 7.42. The lowest BCUT2D eigenvalue weighted by atomic mass is 9.90. The first kappa shape index (κ1) is 14.1. The van der Waals surface area contributed by atoms with Gasteiger partial charge in [-0.15, -0.1) is 0 Å². The molecule has 1 saturated carbocycles. The molecule has 1 aliphatic carbocycles. The highest BCUT2D eigenvalue weighted by Gasteiger charge is 2.14. The summed E-state index contributed by atoms with van der Waals surface area (Å²) in [6, 6.07) is 5.87. The molecule has 0 N–H and O–H groups in total. The Morgan fingerprint density at radius 1 is 1.21 bits per heavy atom. The lowest BCUT2D eigenvalue weighted by Gasteiger charge is -2.22. The van der Waals surface area contributed by atoms with Crippen LogP contribution < -0.4 is 4.74 Å². The van der Waals surface area contributed by atoms with E-state index in [0.29, 0.717) is 17.4 Å². The molecular weight excluding hydrogens is 236 g/mol. The molecule has 104 valence electrons. The van der Waals surface area contributed by atoms with Crippen LogP contribution in [0.5, 0.6) is 5.75 Å². The van der Waals surface area contributed by atoms with Crippen molar-refractivity contribution in [3.8, 4) is 5.75 Å². The first-order chi connectivity index (χ1) is 9.19. The number of hydrogen-bond donors (Lipinski definition) is 0. The van der Waals surface area contributed by atoms with Crippen molar-refractivity contribution in [3.05, 3.63) is 29.3 Å². The molecule has 2 nitrogen and oxygen atoms in total. The third-order valence-electron chi connectivity index (χ3n) is 3.96. The molecular formula is C17H24O2. The van der Waals surface area contributed by atoms with Crippen molar-refractivity contribution in [2.75, 3.05) is 6.61 Å². The first-order valence-corrected chi connectivity index (χ1v) is 7.42. The smallest absolute Gasteiger partial charge is 0.150 e. The fourth-order valence-electron chi connectivity index (χ4n) is 2.70. The van der Waals surface area contributed by atoms with Gasteiger partial charge in [0.1, 0.15) is 12.0 Å². The summed E-state index contributed by atoms with van der Waals surface area (Å²) in [6.45, 7) is 5.06. The molecule has 0 amide bonds. The van der Waals surface area contributed by atoms with Crippen LogP contribution >= 0.6 is 0 Å². The third kappa shape index (κ3) is 4.09. The Morgan fingerprint density at radius 2 is 1.95 bits per heavy atom. The van der Waals surface area contributed by atoms with Crippen LogP contribution in [0, 0.1) is 5.92 Å². The predicted octanol–water partition coefficient (Wildman–Crippen LogP) is 4.58. The minimum absolute atomic E-state index is 0.414. The van der Waals surface area contributed by atoms with Crippen LogP contribution in [0.25, 0.3) is 0 Å². The number of carbonyl (C=O) groups excluding carboxylic acids is 1. The van der Waals surface area contributed by atoms with E-state index < -0.39 is 0 Å². The lowest BCUT2D eigenvalue weighted by Crippen LogP contribution is -2.15. The normalized spacial score (nSPS) is 16.6. The number of ether oxygens (including phenoxy) is 1. The van der Waals surface area contributed by atoms with E-state index in [1.54, 1.807) is 0 Å². The van der Waals surface area contributed by atoms with Gasteiger partial charge in [-0.25, -0.2) is 0 Å². The van der Waals surface area contributed by atoms with Gasteiger partial charge in [-0.3, -0.25) is 4.79 Å². The van der Waals surface area contributed by atoms with Crippen LogP contribution in [0.2, 0.25) is 0 Å². The number of hydrogen-bond acceptors (Lipinski definition) is 2. The average Bonchev–Trinajstić information content (AvgIpc) is 2.45. The van der Waals surface area contributed by atoms with Crippen molar-refractivity contribution in [2.24, 2.45) is 5.92 Å². The van der Waals surface area contributed by atoms with Gasteiger partial charge in [0, 0.05) is 5.56 Å². The zero-order valence-corrected chi connectivity index (χ0v) is 12.0. The van der Waals surface area contributed by atoms with E-state index in [4.69, 9.17) is 4.74 Å².